The molecule has 0 aromatic heterocycles. The van der Waals surface area contributed by atoms with E-state index >= 15 is 0 Å². The van der Waals surface area contributed by atoms with Gasteiger partial charge in [0.05, 0.1) is 0 Å². The van der Waals surface area contributed by atoms with Gasteiger partial charge in [0.15, 0.2) is 0 Å². The minimum absolute atomic E-state index is 1.16. The molecule has 1 aromatic carbocycles. The van der Waals surface area contributed by atoms with E-state index in [-0.39, 0.29) is 0 Å². The first-order chi connectivity index (χ1) is 6.90. The van der Waals surface area contributed by atoms with E-state index in [4.69, 9.17) is 0 Å². The second kappa shape index (κ2) is 4.70. The van der Waals surface area contributed by atoms with Gasteiger partial charge in [0.2, 0.25) is 0 Å². The molecule has 1 aliphatic carbocycles. The molecule has 0 spiro atoms. The van der Waals surface area contributed by atoms with Gasteiger partial charge < -0.3 is 0 Å². The third-order valence-electron chi connectivity index (χ3n) is 2.52. The highest BCUT2D eigenvalue weighted by atomic mass is 32.2. The van der Waals surface area contributed by atoms with Crippen LogP contribution in [-0.4, -0.2) is 5.75 Å². The van der Waals surface area contributed by atoms with Crippen LogP contribution in [0.1, 0.15) is 30.9 Å². The molecule has 14 heavy (non-hydrogen) atoms. The zero-order valence-corrected chi connectivity index (χ0v) is 9.44. The zero-order chi connectivity index (χ0) is 9.80. The maximum absolute atomic E-state index is 2.34. The highest BCUT2D eigenvalue weighted by molar-refractivity contribution is 8.03. The average Bonchev–Trinajstić information content (AvgIpc) is 2.60. The van der Waals surface area contributed by atoms with Crippen LogP contribution in [0, 0.1) is 0 Å². The highest BCUT2D eigenvalue weighted by Crippen LogP contribution is 2.32. The van der Waals surface area contributed by atoms with Gasteiger partial charge >= 0.3 is 0 Å². The lowest BCUT2D eigenvalue weighted by atomic mass is 10.1. The van der Waals surface area contributed by atoms with Gasteiger partial charge in [-0.05, 0) is 34.3 Å². The molecular formula is C13H16S. The number of hydrogen-bond donors (Lipinski definition) is 0. The topological polar surface area (TPSA) is 0 Å². The van der Waals surface area contributed by atoms with Crippen molar-refractivity contribution in [1.82, 2.24) is 0 Å². The van der Waals surface area contributed by atoms with Crippen LogP contribution in [0.5, 0.6) is 0 Å². The van der Waals surface area contributed by atoms with Gasteiger partial charge in [0.1, 0.15) is 0 Å². The van der Waals surface area contributed by atoms with E-state index in [1.54, 1.807) is 4.91 Å². The Labute approximate surface area is 90.4 Å². The first kappa shape index (κ1) is 9.85. The summed E-state index contributed by atoms with van der Waals surface area (Å²) in [6.45, 7) is 2.25. The quantitative estimate of drug-likeness (QED) is 0.665. The van der Waals surface area contributed by atoms with Gasteiger partial charge in [-0.25, -0.2) is 0 Å². The van der Waals surface area contributed by atoms with Gasteiger partial charge in [0, 0.05) is 6.42 Å². The molecule has 0 bridgehead atoms. The van der Waals surface area contributed by atoms with Crippen molar-refractivity contribution in [3.05, 3.63) is 40.3 Å². The van der Waals surface area contributed by atoms with Crippen LogP contribution in [0.3, 0.4) is 0 Å². The highest BCUT2D eigenvalue weighted by Gasteiger charge is 2.11. The van der Waals surface area contributed by atoms with Crippen LogP contribution in [0.4, 0.5) is 0 Å². The van der Waals surface area contributed by atoms with Crippen molar-refractivity contribution >= 4 is 17.8 Å². The molecule has 74 valence electrons. The summed E-state index contributed by atoms with van der Waals surface area (Å²) in [6, 6.07) is 8.70. The van der Waals surface area contributed by atoms with Crippen LogP contribution in [-0.2, 0) is 6.42 Å². The second-order valence-corrected chi connectivity index (χ2v) is 4.91. The molecule has 0 unspecified atom stereocenters. The maximum atomic E-state index is 2.34. The Morgan fingerprint density at radius 2 is 2.14 bits per heavy atom. The predicted molar refractivity (Wildman–Crippen MR) is 65.5 cm³/mol. The van der Waals surface area contributed by atoms with Gasteiger partial charge in [-0.1, -0.05) is 37.6 Å². The van der Waals surface area contributed by atoms with Crippen LogP contribution in [0.2, 0.25) is 0 Å². The van der Waals surface area contributed by atoms with Crippen molar-refractivity contribution in [1.29, 1.82) is 0 Å². The lowest BCUT2D eigenvalue weighted by Gasteiger charge is -2.00. The Morgan fingerprint density at radius 3 is 2.93 bits per heavy atom. The number of benzene rings is 1. The molecule has 0 radical (unpaired) electrons. The van der Waals surface area contributed by atoms with Crippen LogP contribution in [0.15, 0.2) is 29.2 Å². The number of fused-ring (bicyclic) bond motifs is 1. The van der Waals surface area contributed by atoms with Crippen molar-refractivity contribution in [2.45, 2.75) is 26.2 Å². The molecular weight excluding hydrogens is 188 g/mol. The van der Waals surface area contributed by atoms with E-state index in [9.17, 15) is 0 Å². The molecule has 0 aliphatic heterocycles. The zero-order valence-electron chi connectivity index (χ0n) is 8.62. The van der Waals surface area contributed by atoms with Crippen molar-refractivity contribution in [3.8, 4) is 0 Å². The molecule has 0 amide bonds. The third-order valence-corrected chi connectivity index (χ3v) is 3.65. The van der Waals surface area contributed by atoms with Gasteiger partial charge in [-0.2, -0.15) is 0 Å². The van der Waals surface area contributed by atoms with E-state index in [1.807, 2.05) is 11.8 Å². The summed E-state index contributed by atoms with van der Waals surface area (Å²) >= 11 is 2.03. The summed E-state index contributed by atoms with van der Waals surface area (Å²) in [4.78, 5) is 1.54. The van der Waals surface area contributed by atoms with E-state index in [1.165, 1.54) is 29.7 Å². The largest absolute Gasteiger partial charge is 0.130 e. The maximum Gasteiger partial charge on any atom is 0.00405 e. The molecule has 0 saturated carbocycles. The molecule has 0 fully saturated rings. The Morgan fingerprint density at radius 1 is 1.29 bits per heavy atom. The van der Waals surface area contributed by atoms with Crippen LogP contribution < -0.4 is 0 Å². The lowest BCUT2D eigenvalue weighted by Crippen LogP contribution is -1.83. The molecule has 1 heteroatoms. The Hall–Kier alpha value is -0.690. The monoisotopic (exact) mass is 204 g/mol. The fourth-order valence-corrected chi connectivity index (χ4v) is 2.85. The minimum atomic E-state index is 1.16. The average molecular weight is 204 g/mol. The van der Waals surface area contributed by atoms with Gasteiger partial charge in [-0.15, -0.1) is 11.8 Å². The van der Waals surface area contributed by atoms with Crippen LogP contribution >= 0.6 is 11.8 Å². The standard InChI is InChI=1S/C13H16S/c1-2-3-8-14-13-9-11-6-4-5-7-12(11)10-13/h4-7,9H,2-3,8,10H2,1H3. The summed E-state index contributed by atoms with van der Waals surface area (Å²) in [7, 11) is 0. The summed E-state index contributed by atoms with van der Waals surface area (Å²) in [6.07, 6.45) is 6.13. The first-order valence-electron chi connectivity index (χ1n) is 5.31. The number of allylic oxidation sites excluding steroid dienone is 1. The molecule has 0 N–H and O–H groups in total. The van der Waals surface area contributed by atoms with Crippen molar-refractivity contribution in [2.24, 2.45) is 0 Å². The van der Waals surface area contributed by atoms with Crippen molar-refractivity contribution < 1.29 is 0 Å². The van der Waals surface area contributed by atoms with E-state index in [2.05, 4.69) is 37.3 Å². The Bertz CT molecular complexity index is 339. The number of rotatable bonds is 4. The molecule has 0 nitrogen and oxygen atoms in total. The second-order valence-electron chi connectivity index (χ2n) is 3.69. The molecule has 0 heterocycles. The van der Waals surface area contributed by atoms with E-state index < -0.39 is 0 Å². The Balaban J connectivity index is 1.95. The van der Waals surface area contributed by atoms with Crippen LogP contribution in [0.25, 0.3) is 6.08 Å². The molecule has 0 saturated heterocycles. The number of hydrogen-bond acceptors (Lipinski definition) is 1. The normalized spacial score (nSPS) is 13.9. The first-order valence-corrected chi connectivity index (χ1v) is 6.30. The van der Waals surface area contributed by atoms with E-state index in [0.29, 0.717) is 0 Å². The summed E-state index contributed by atoms with van der Waals surface area (Å²) in [5.41, 5.74) is 2.91. The number of thioether (sulfide) groups is 1. The number of unbranched alkanes of at least 4 members (excludes halogenated alkanes) is 1. The summed E-state index contributed by atoms with van der Waals surface area (Å²) in [5.74, 6) is 1.27. The molecule has 1 aliphatic rings. The molecule has 1 aromatic rings. The predicted octanol–water partition coefficient (Wildman–Crippen LogP) is 4.12. The summed E-state index contributed by atoms with van der Waals surface area (Å²) in [5, 5.41) is 0. The smallest absolute Gasteiger partial charge is 0.00405 e. The molecule has 0 atom stereocenters. The minimum Gasteiger partial charge on any atom is -0.130 e. The van der Waals surface area contributed by atoms with Gasteiger partial charge in [-0.3, -0.25) is 0 Å². The SMILES string of the molecule is CCCCSC1=Cc2ccccc2C1. The lowest BCUT2D eigenvalue weighted by molar-refractivity contribution is 0.897. The van der Waals surface area contributed by atoms with Crippen molar-refractivity contribution in [3.63, 3.8) is 0 Å². The molecule has 2 rings (SSSR count). The fraction of sp³-hybridized carbons (Fsp3) is 0.385. The van der Waals surface area contributed by atoms with Gasteiger partial charge in [0.25, 0.3) is 0 Å². The Kier molecular flexibility index (Phi) is 3.30. The van der Waals surface area contributed by atoms with E-state index in [0.717, 1.165) is 6.42 Å². The fourth-order valence-electron chi connectivity index (χ4n) is 1.69. The van der Waals surface area contributed by atoms with Crippen molar-refractivity contribution in [2.75, 3.05) is 5.75 Å². The third kappa shape index (κ3) is 2.21. The summed E-state index contributed by atoms with van der Waals surface area (Å²) < 4.78 is 0.